The second-order valence-electron chi connectivity index (χ2n) is 3.60. The van der Waals surface area contributed by atoms with E-state index in [9.17, 15) is 4.79 Å². The van der Waals surface area contributed by atoms with Crippen molar-refractivity contribution in [2.24, 2.45) is 10.9 Å². The monoisotopic (exact) mass is 279 g/mol. The van der Waals surface area contributed by atoms with Gasteiger partial charge in [0, 0.05) is 10.6 Å². The lowest BCUT2D eigenvalue weighted by atomic mass is 10.2. The molecule has 0 saturated carbocycles. The Bertz CT molecular complexity index is 620. The first kappa shape index (κ1) is 12.9. The Morgan fingerprint density at radius 1 is 1.42 bits per heavy atom. The number of nitrogens with one attached hydrogen (secondary N) is 2. The van der Waals surface area contributed by atoms with E-state index in [1.54, 1.807) is 24.3 Å². The van der Waals surface area contributed by atoms with Crippen molar-refractivity contribution < 1.29 is 10.0 Å². The summed E-state index contributed by atoms with van der Waals surface area (Å²) in [6, 6.07) is 6.37. The molecule has 0 atom stereocenters. The normalized spacial score (nSPS) is 11.3. The molecule has 1 heterocycles. The number of H-pyrrole nitrogens is 1. The van der Waals surface area contributed by atoms with E-state index in [1.807, 2.05) is 0 Å². The van der Waals surface area contributed by atoms with Gasteiger partial charge in [-0.05, 0) is 24.3 Å². The first-order chi connectivity index (χ1) is 9.11. The zero-order chi connectivity index (χ0) is 13.8. The zero-order valence-corrected chi connectivity index (χ0v) is 10.3. The molecule has 8 heteroatoms. The molecule has 7 nitrogen and oxygen atoms in total. The van der Waals surface area contributed by atoms with Gasteiger partial charge < -0.3 is 16.3 Å². The first-order valence-corrected chi connectivity index (χ1v) is 5.58. The van der Waals surface area contributed by atoms with E-state index >= 15 is 0 Å². The van der Waals surface area contributed by atoms with Gasteiger partial charge in [-0.2, -0.15) is 5.10 Å². The van der Waals surface area contributed by atoms with Gasteiger partial charge in [0.15, 0.2) is 5.84 Å². The molecule has 0 fully saturated rings. The van der Waals surface area contributed by atoms with Gasteiger partial charge in [0.25, 0.3) is 5.91 Å². The van der Waals surface area contributed by atoms with E-state index in [0.717, 1.165) is 0 Å². The quantitative estimate of drug-likeness (QED) is 0.294. The minimum atomic E-state index is -0.368. The van der Waals surface area contributed by atoms with Gasteiger partial charge in [-0.1, -0.05) is 16.8 Å². The van der Waals surface area contributed by atoms with Crippen LogP contribution >= 0.6 is 11.6 Å². The van der Waals surface area contributed by atoms with E-state index in [1.165, 1.54) is 6.20 Å². The maximum Gasteiger partial charge on any atom is 0.256 e. The number of amidine groups is 1. The fourth-order valence-electron chi connectivity index (χ4n) is 1.42. The van der Waals surface area contributed by atoms with Crippen molar-refractivity contribution in [2.75, 3.05) is 5.32 Å². The second kappa shape index (κ2) is 5.40. The summed E-state index contributed by atoms with van der Waals surface area (Å²) in [6.07, 6.45) is 1.34. The van der Waals surface area contributed by atoms with E-state index < -0.39 is 0 Å². The standard InChI is InChI=1S/C11H10ClN5O2/c12-7-3-1-6(2-4-7)11(18)15-10-8(5-14-16-10)9(13)17-19/h1-5,19H,(H2,13,17)(H2,14,15,16,18). The lowest BCUT2D eigenvalue weighted by Crippen LogP contribution is -2.18. The van der Waals surface area contributed by atoms with E-state index in [2.05, 4.69) is 20.7 Å². The van der Waals surface area contributed by atoms with Crippen LogP contribution in [0.15, 0.2) is 35.6 Å². The molecule has 0 saturated heterocycles. The number of anilines is 1. The summed E-state index contributed by atoms with van der Waals surface area (Å²) < 4.78 is 0. The molecule has 1 aromatic heterocycles. The molecular formula is C11H10ClN5O2. The number of carbonyl (C=O) groups excluding carboxylic acids is 1. The maximum absolute atomic E-state index is 11.9. The summed E-state index contributed by atoms with van der Waals surface area (Å²) in [5.41, 5.74) is 6.16. The number of aromatic nitrogens is 2. The van der Waals surface area contributed by atoms with E-state index in [-0.39, 0.29) is 17.6 Å². The number of carbonyl (C=O) groups is 1. The Morgan fingerprint density at radius 2 is 2.11 bits per heavy atom. The summed E-state index contributed by atoms with van der Waals surface area (Å²) >= 11 is 5.74. The number of aromatic amines is 1. The molecule has 98 valence electrons. The molecule has 2 rings (SSSR count). The number of rotatable bonds is 3. The molecule has 0 bridgehead atoms. The van der Waals surface area contributed by atoms with Gasteiger partial charge in [-0.25, -0.2) is 0 Å². The Balaban J connectivity index is 2.20. The molecular weight excluding hydrogens is 270 g/mol. The molecule has 0 aliphatic carbocycles. The number of hydrogen-bond donors (Lipinski definition) is 4. The molecule has 2 aromatic rings. The number of halogens is 1. The number of amides is 1. The van der Waals surface area contributed by atoms with Crippen molar-refractivity contribution in [3.63, 3.8) is 0 Å². The van der Waals surface area contributed by atoms with Gasteiger partial charge in [0.2, 0.25) is 0 Å². The largest absolute Gasteiger partial charge is 0.409 e. The smallest absolute Gasteiger partial charge is 0.256 e. The Morgan fingerprint density at radius 3 is 2.74 bits per heavy atom. The minimum Gasteiger partial charge on any atom is -0.409 e. The van der Waals surface area contributed by atoms with Gasteiger partial charge in [0.05, 0.1) is 11.8 Å². The first-order valence-electron chi connectivity index (χ1n) is 5.20. The molecule has 1 amide bonds. The van der Waals surface area contributed by atoms with Crippen LogP contribution in [0.2, 0.25) is 5.02 Å². The number of benzene rings is 1. The number of oxime groups is 1. The van der Waals surface area contributed by atoms with Crippen LogP contribution < -0.4 is 11.1 Å². The van der Waals surface area contributed by atoms with Gasteiger partial charge >= 0.3 is 0 Å². The third kappa shape index (κ3) is 2.83. The van der Waals surface area contributed by atoms with Crippen LogP contribution in [0.4, 0.5) is 5.82 Å². The molecule has 0 aliphatic heterocycles. The average molecular weight is 280 g/mol. The number of nitrogens with zero attached hydrogens (tertiary/aromatic N) is 2. The second-order valence-corrected chi connectivity index (χ2v) is 4.04. The minimum absolute atomic E-state index is 0.153. The van der Waals surface area contributed by atoms with Crippen molar-refractivity contribution in [3.05, 3.63) is 46.6 Å². The Labute approximate surface area is 113 Å². The van der Waals surface area contributed by atoms with Crippen molar-refractivity contribution in [3.8, 4) is 0 Å². The topological polar surface area (TPSA) is 116 Å². The van der Waals surface area contributed by atoms with Crippen LogP contribution in [0.5, 0.6) is 0 Å². The highest BCUT2D eigenvalue weighted by Gasteiger charge is 2.13. The van der Waals surface area contributed by atoms with Crippen molar-refractivity contribution in [1.82, 2.24) is 10.2 Å². The number of nitrogens with two attached hydrogens (primary N) is 1. The Hall–Kier alpha value is -2.54. The number of hydrogen-bond acceptors (Lipinski definition) is 4. The third-order valence-electron chi connectivity index (χ3n) is 2.37. The summed E-state index contributed by atoms with van der Waals surface area (Å²) in [5.74, 6) is -0.275. The van der Waals surface area contributed by atoms with Gasteiger partial charge in [-0.3, -0.25) is 9.89 Å². The van der Waals surface area contributed by atoms with E-state index in [0.29, 0.717) is 16.1 Å². The van der Waals surface area contributed by atoms with Gasteiger partial charge in [0.1, 0.15) is 5.82 Å². The van der Waals surface area contributed by atoms with Crippen LogP contribution in [0.1, 0.15) is 15.9 Å². The average Bonchev–Trinajstić information content (AvgIpc) is 2.86. The lowest BCUT2D eigenvalue weighted by molar-refractivity contribution is 0.102. The van der Waals surface area contributed by atoms with Crippen LogP contribution in [-0.4, -0.2) is 27.1 Å². The maximum atomic E-state index is 11.9. The van der Waals surface area contributed by atoms with Crippen LogP contribution in [0.25, 0.3) is 0 Å². The summed E-state index contributed by atoms with van der Waals surface area (Å²) in [7, 11) is 0. The molecule has 0 spiro atoms. The Kier molecular flexibility index (Phi) is 3.67. The summed E-state index contributed by atoms with van der Waals surface area (Å²) in [6.45, 7) is 0. The molecule has 5 N–H and O–H groups in total. The molecule has 0 unspecified atom stereocenters. The summed E-state index contributed by atoms with van der Waals surface area (Å²) in [4.78, 5) is 11.9. The molecule has 1 aromatic carbocycles. The van der Waals surface area contributed by atoms with E-state index in [4.69, 9.17) is 22.5 Å². The fraction of sp³-hybridized carbons (Fsp3) is 0. The van der Waals surface area contributed by atoms with Crippen molar-refractivity contribution in [2.45, 2.75) is 0 Å². The van der Waals surface area contributed by atoms with Crippen molar-refractivity contribution >= 4 is 29.2 Å². The molecule has 19 heavy (non-hydrogen) atoms. The van der Waals surface area contributed by atoms with Crippen LogP contribution in [-0.2, 0) is 0 Å². The van der Waals surface area contributed by atoms with Crippen LogP contribution in [0.3, 0.4) is 0 Å². The highest BCUT2D eigenvalue weighted by molar-refractivity contribution is 6.30. The fourth-order valence-corrected chi connectivity index (χ4v) is 1.54. The zero-order valence-electron chi connectivity index (χ0n) is 9.59. The third-order valence-corrected chi connectivity index (χ3v) is 2.62. The summed E-state index contributed by atoms with van der Waals surface area (Å²) in [5, 5.41) is 20.8. The molecule has 0 aliphatic rings. The SMILES string of the molecule is NC(=NO)c1cn[nH]c1NC(=O)c1ccc(Cl)cc1. The van der Waals surface area contributed by atoms with Gasteiger partial charge in [-0.15, -0.1) is 0 Å². The lowest BCUT2D eigenvalue weighted by Gasteiger charge is -2.05. The van der Waals surface area contributed by atoms with Crippen molar-refractivity contribution in [1.29, 1.82) is 0 Å². The van der Waals surface area contributed by atoms with Crippen LogP contribution in [0, 0.1) is 0 Å². The predicted molar refractivity (Wildman–Crippen MR) is 70.5 cm³/mol. The predicted octanol–water partition coefficient (Wildman–Crippen LogP) is 1.41. The molecule has 0 radical (unpaired) electrons. The highest BCUT2D eigenvalue weighted by Crippen LogP contribution is 2.14. The highest BCUT2D eigenvalue weighted by atomic mass is 35.5.